The third kappa shape index (κ3) is 4.25. The third-order valence-corrected chi connectivity index (χ3v) is 3.97. The molecule has 2 rings (SSSR count). The van der Waals surface area contributed by atoms with E-state index in [1.165, 1.54) is 9.47 Å². The van der Waals surface area contributed by atoms with Crippen LogP contribution in [-0.4, -0.2) is 28.0 Å². The largest absolute Gasteiger partial charge is 0.416 e. The second-order valence-electron chi connectivity index (χ2n) is 5.77. The maximum Gasteiger partial charge on any atom is 0.416 e. The zero-order valence-electron chi connectivity index (χ0n) is 13.3. The number of pyridine rings is 1. The Morgan fingerprint density at radius 3 is 2.71 bits per heavy atom. The molecule has 2 heterocycles. The highest BCUT2D eigenvalue weighted by atomic mass is 19.4. The summed E-state index contributed by atoms with van der Waals surface area (Å²) in [6.45, 7) is 2.32. The highest BCUT2D eigenvalue weighted by Crippen LogP contribution is 2.29. The molecule has 0 spiro atoms. The molecule has 0 saturated carbocycles. The summed E-state index contributed by atoms with van der Waals surface area (Å²) in [5.74, 6) is -0.175. The lowest BCUT2D eigenvalue weighted by atomic mass is 10.1. The molecule has 1 aromatic rings. The third-order valence-electron chi connectivity index (χ3n) is 3.97. The van der Waals surface area contributed by atoms with Crippen LogP contribution in [0, 0.1) is 0 Å². The molecule has 0 saturated heterocycles. The maximum absolute atomic E-state index is 12.8. The Labute approximate surface area is 137 Å². The summed E-state index contributed by atoms with van der Waals surface area (Å²) in [5.41, 5.74) is 4.32. The van der Waals surface area contributed by atoms with Crippen molar-refractivity contribution in [3.05, 3.63) is 45.9 Å². The standard InChI is InChI=1S/C16H20F3N3O2/c1-2-3-12(20)4-5-14(23)21-6-7-22-13(10-21)8-11(9-15(22)24)16(17,18)19/h2-3,8-9,12H,4-7,10,20H2,1H3/b3-2-/t12-/m1/s1. The molecule has 0 radical (unpaired) electrons. The Kier molecular flexibility index (Phi) is 5.48. The van der Waals surface area contributed by atoms with Crippen LogP contribution in [0.5, 0.6) is 0 Å². The van der Waals surface area contributed by atoms with E-state index in [4.69, 9.17) is 5.73 Å². The molecule has 1 atom stereocenters. The molecule has 1 amide bonds. The van der Waals surface area contributed by atoms with Crippen molar-refractivity contribution in [3.8, 4) is 0 Å². The first-order valence-electron chi connectivity index (χ1n) is 7.69. The molecule has 24 heavy (non-hydrogen) atoms. The molecule has 8 heteroatoms. The van der Waals surface area contributed by atoms with Crippen molar-refractivity contribution in [1.29, 1.82) is 0 Å². The van der Waals surface area contributed by atoms with Crippen molar-refractivity contribution in [1.82, 2.24) is 9.47 Å². The smallest absolute Gasteiger partial charge is 0.335 e. The van der Waals surface area contributed by atoms with Gasteiger partial charge in [-0.15, -0.1) is 0 Å². The molecule has 0 bridgehead atoms. The number of hydrogen-bond donors (Lipinski definition) is 1. The lowest BCUT2D eigenvalue weighted by Gasteiger charge is -2.30. The Morgan fingerprint density at radius 2 is 2.08 bits per heavy atom. The summed E-state index contributed by atoms with van der Waals surface area (Å²) >= 11 is 0. The fourth-order valence-electron chi connectivity index (χ4n) is 2.70. The molecule has 1 aliphatic heterocycles. The number of fused-ring (bicyclic) bond motifs is 1. The summed E-state index contributed by atoms with van der Waals surface area (Å²) in [6, 6.07) is 1.30. The van der Waals surface area contributed by atoms with Crippen LogP contribution in [0.25, 0.3) is 0 Å². The normalized spacial score (nSPS) is 16.3. The minimum absolute atomic E-state index is 0.00313. The fourth-order valence-corrected chi connectivity index (χ4v) is 2.70. The molecular weight excluding hydrogens is 323 g/mol. The van der Waals surface area contributed by atoms with Gasteiger partial charge in [0.15, 0.2) is 0 Å². The van der Waals surface area contributed by atoms with Gasteiger partial charge in [0.2, 0.25) is 5.91 Å². The first-order chi connectivity index (χ1) is 11.2. The van der Waals surface area contributed by atoms with Gasteiger partial charge in [-0.05, 0) is 19.4 Å². The average Bonchev–Trinajstić information content (AvgIpc) is 2.51. The predicted molar refractivity (Wildman–Crippen MR) is 83.1 cm³/mol. The van der Waals surface area contributed by atoms with Gasteiger partial charge in [0, 0.05) is 37.3 Å². The lowest BCUT2D eigenvalue weighted by molar-refractivity contribution is -0.137. The van der Waals surface area contributed by atoms with Crippen LogP contribution in [0.15, 0.2) is 29.1 Å². The zero-order valence-corrected chi connectivity index (χ0v) is 13.3. The first-order valence-corrected chi connectivity index (χ1v) is 7.69. The summed E-state index contributed by atoms with van der Waals surface area (Å²) < 4.78 is 39.8. The number of aromatic nitrogens is 1. The summed E-state index contributed by atoms with van der Waals surface area (Å²) in [5, 5.41) is 0. The number of alkyl halides is 3. The molecule has 5 nitrogen and oxygen atoms in total. The minimum atomic E-state index is -4.58. The Balaban J connectivity index is 2.12. The average molecular weight is 343 g/mol. The van der Waals surface area contributed by atoms with Crippen molar-refractivity contribution >= 4 is 5.91 Å². The molecule has 0 unspecified atom stereocenters. The van der Waals surface area contributed by atoms with Gasteiger partial charge < -0.3 is 15.2 Å². The van der Waals surface area contributed by atoms with E-state index in [1.807, 2.05) is 6.92 Å². The van der Waals surface area contributed by atoms with E-state index in [2.05, 4.69) is 0 Å². The van der Waals surface area contributed by atoms with Gasteiger partial charge in [0.05, 0.1) is 12.1 Å². The molecule has 1 aromatic heterocycles. The van der Waals surface area contributed by atoms with Crippen molar-refractivity contribution < 1.29 is 18.0 Å². The second kappa shape index (κ2) is 7.21. The van der Waals surface area contributed by atoms with Crippen LogP contribution in [0.3, 0.4) is 0 Å². The van der Waals surface area contributed by atoms with Crippen LogP contribution >= 0.6 is 0 Å². The number of rotatable bonds is 4. The van der Waals surface area contributed by atoms with E-state index < -0.39 is 17.3 Å². The van der Waals surface area contributed by atoms with Gasteiger partial charge in [0.25, 0.3) is 5.56 Å². The van der Waals surface area contributed by atoms with Crippen molar-refractivity contribution in [2.45, 2.75) is 45.1 Å². The molecule has 0 fully saturated rings. The number of amides is 1. The van der Waals surface area contributed by atoms with Gasteiger partial charge in [-0.1, -0.05) is 12.2 Å². The quantitative estimate of drug-likeness (QED) is 0.849. The number of nitrogens with zero attached hydrogens (tertiary/aromatic N) is 2. The van der Waals surface area contributed by atoms with Gasteiger partial charge in [-0.3, -0.25) is 9.59 Å². The summed E-state index contributed by atoms with van der Waals surface area (Å²) in [6.07, 6.45) is -0.310. The highest BCUT2D eigenvalue weighted by Gasteiger charge is 2.33. The fraction of sp³-hybridized carbons (Fsp3) is 0.500. The predicted octanol–water partition coefficient (Wildman–Crippen LogP) is 1.89. The van der Waals surface area contributed by atoms with Crippen LogP contribution in [0.1, 0.15) is 31.0 Å². The molecular formula is C16H20F3N3O2. The summed E-state index contributed by atoms with van der Waals surface area (Å²) in [4.78, 5) is 25.5. The summed E-state index contributed by atoms with van der Waals surface area (Å²) in [7, 11) is 0. The van der Waals surface area contributed by atoms with Gasteiger partial charge in [-0.25, -0.2) is 0 Å². The number of nitrogens with two attached hydrogens (primary N) is 1. The van der Waals surface area contributed by atoms with Crippen LogP contribution in [0.2, 0.25) is 0 Å². The van der Waals surface area contributed by atoms with E-state index in [9.17, 15) is 22.8 Å². The molecule has 0 aromatic carbocycles. The molecule has 2 N–H and O–H groups in total. The van der Waals surface area contributed by atoms with Gasteiger partial charge in [-0.2, -0.15) is 13.2 Å². The SMILES string of the molecule is C/C=C\[C@@H](N)CCC(=O)N1CCn2c(cc(C(F)(F)F)cc2=O)C1. The van der Waals surface area contributed by atoms with E-state index in [-0.39, 0.29) is 37.2 Å². The molecule has 1 aliphatic rings. The van der Waals surface area contributed by atoms with E-state index in [0.29, 0.717) is 19.0 Å². The second-order valence-corrected chi connectivity index (χ2v) is 5.77. The minimum Gasteiger partial charge on any atom is -0.335 e. The monoisotopic (exact) mass is 343 g/mol. The molecule has 132 valence electrons. The topological polar surface area (TPSA) is 68.3 Å². The number of hydrogen-bond acceptors (Lipinski definition) is 3. The Morgan fingerprint density at radius 1 is 1.38 bits per heavy atom. The van der Waals surface area contributed by atoms with Crippen LogP contribution in [0.4, 0.5) is 13.2 Å². The zero-order chi connectivity index (χ0) is 17.9. The van der Waals surface area contributed by atoms with Gasteiger partial charge >= 0.3 is 6.18 Å². The van der Waals surface area contributed by atoms with Gasteiger partial charge in [0.1, 0.15) is 0 Å². The van der Waals surface area contributed by atoms with E-state index in [0.717, 1.165) is 6.07 Å². The van der Waals surface area contributed by atoms with Crippen molar-refractivity contribution in [3.63, 3.8) is 0 Å². The van der Waals surface area contributed by atoms with Crippen molar-refractivity contribution in [2.24, 2.45) is 5.73 Å². The number of halogens is 3. The van der Waals surface area contributed by atoms with E-state index >= 15 is 0 Å². The highest BCUT2D eigenvalue weighted by molar-refractivity contribution is 5.76. The van der Waals surface area contributed by atoms with Crippen LogP contribution < -0.4 is 11.3 Å². The Hall–Kier alpha value is -2.09. The van der Waals surface area contributed by atoms with Crippen molar-refractivity contribution in [2.75, 3.05) is 6.54 Å². The number of carbonyl (C=O) groups is 1. The number of allylic oxidation sites excluding steroid dienone is 1. The van der Waals surface area contributed by atoms with Crippen LogP contribution in [-0.2, 0) is 24.1 Å². The maximum atomic E-state index is 12.8. The Bertz CT molecular complexity index is 695. The van der Waals surface area contributed by atoms with E-state index in [1.54, 1.807) is 12.2 Å². The number of carbonyl (C=O) groups excluding carboxylic acids is 1. The molecule has 0 aliphatic carbocycles. The first kappa shape index (κ1) is 18.3. The lowest BCUT2D eigenvalue weighted by Crippen LogP contribution is -2.42.